The molecule has 0 aromatic carbocycles. The van der Waals surface area contributed by atoms with Gasteiger partial charge in [-0.05, 0) is 31.7 Å². The van der Waals surface area contributed by atoms with Crippen LogP contribution in [0.1, 0.15) is 32.0 Å². The number of amides is 1. The standard InChI is InChI=1S/C13H23N5O/c1-3-6-18-12(16-9-17-18)8-10-4-5-15-11(7-10)13(19)14-2/h9-11,15H,3-8H2,1-2H3,(H,14,19). The molecule has 1 aliphatic rings. The summed E-state index contributed by atoms with van der Waals surface area (Å²) in [6, 6.07) is -0.0636. The van der Waals surface area contributed by atoms with Crippen molar-refractivity contribution >= 4 is 5.91 Å². The van der Waals surface area contributed by atoms with E-state index >= 15 is 0 Å². The average molecular weight is 265 g/mol. The number of aromatic nitrogens is 3. The Bertz CT molecular complexity index is 417. The molecule has 1 aromatic heterocycles. The van der Waals surface area contributed by atoms with Crippen LogP contribution in [0.4, 0.5) is 0 Å². The molecular weight excluding hydrogens is 242 g/mol. The van der Waals surface area contributed by atoms with Crippen LogP contribution in [0, 0.1) is 5.92 Å². The van der Waals surface area contributed by atoms with E-state index in [0.29, 0.717) is 5.92 Å². The molecule has 0 aliphatic carbocycles. The highest BCUT2D eigenvalue weighted by atomic mass is 16.2. The number of likely N-dealkylation sites (N-methyl/N-ethyl adjacent to an activating group) is 1. The maximum atomic E-state index is 11.7. The van der Waals surface area contributed by atoms with Crippen molar-refractivity contribution < 1.29 is 4.79 Å². The first-order chi connectivity index (χ1) is 9.24. The molecule has 0 bridgehead atoms. The largest absolute Gasteiger partial charge is 0.358 e. The van der Waals surface area contributed by atoms with Crippen LogP contribution < -0.4 is 10.6 Å². The van der Waals surface area contributed by atoms with Crippen molar-refractivity contribution in [2.75, 3.05) is 13.6 Å². The van der Waals surface area contributed by atoms with Gasteiger partial charge in [0.15, 0.2) is 0 Å². The van der Waals surface area contributed by atoms with Crippen molar-refractivity contribution in [3.8, 4) is 0 Å². The van der Waals surface area contributed by atoms with E-state index in [2.05, 4.69) is 27.6 Å². The van der Waals surface area contributed by atoms with Crippen LogP contribution in [-0.4, -0.2) is 40.3 Å². The SMILES string of the molecule is CCCn1ncnc1CC1CCNC(C(=O)NC)C1. The van der Waals surface area contributed by atoms with Crippen LogP contribution in [0.3, 0.4) is 0 Å². The Balaban J connectivity index is 1.94. The van der Waals surface area contributed by atoms with Crippen molar-refractivity contribution in [1.82, 2.24) is 25.4 Å². The lowest BCUT2D eigenvalue weighted by molar-refractivity contribution is -0.123. The zero-order valence-electron chi connectivity index (χ0n) is 11.7. The summed E-state index contributed by atoms with van der Waals surface area (Å²) in [6.45, 7) is 3.95. The molecule has 6 nitrogen and oxygen atoms in total. The molecule has 1 fully saturated rings. The van der Waals surface area contributed by atoms with Crippen LogP contribution in [0.2, 0.25) is 0 Å². The van der Waals surface area contributed by atoms with E-state index in [9.17, 15) is 4.79 Å². The first-order valence-corrected chi connectivity index (χ1v) is 7.06. The molecule has 0 saturated carbocycles. The predicted octanol–water partition coefficient (Wildman–Crippen LogP) is 0.345. The van der Waals surface area contributed by atoms with Crippen LogP contribution in [0.15, 0.2) is 6.33 Å². The number of nitrogens with zero attached hydrogens (tertiary/aromatic N) is 3. The van der Waals surface area contributed by atoms with Crippen LogP contribution in [-0.2, 0) is 17.8 Å². The Labute approximate surface area is 114 Å². The maximum absolute atomic E-state index is 11.7. The predicted molar refractivity (Wildman–Crippen MR) is 72.6 cm³/mol. The summed E-state index contributed by atoms with van der Waals surface area (Å²) in [5, 5.41) is 10.2. The van der Waals surface area contributed by atoms with Crippen molar-refractivity contribution in [3.63, 3.8) is 0 Å². The van der Waals surface area contributed by atoms with Gasteiger partial charge in [-0.3, -0.25) is 9.48 Å². The molecule has 1 aliphatic heterocycles. The summed E-state index contributed by atoms with van der Waals surface area (Å²) >= 11 is 0. The normalized spacial score (nSPS) is 23.3. The summed E-state index contributed by atoms with van der Waals surface area (Å²) in [5.41, 5.74) is 0. The number of nitrogens with one attached hydrogen (secondary N) is 2. The van der Waals surface area contributed by atoms with Gasteiger partial charge in [0, 0.05) is 20.0 Å². The van der Waals surface area contributed by atoms with Gasteiger partial charge in [0.1, 0.15) is 12.2 Å². The Morgan fingerprint density at radius 2 is 2.47 bits per heavy atom. The average Bonchev–Trinajstić information content (AvgIpc) is 2.86. The monoisotopic (exact) mass is 265 g/mol. The van der Waals surface area contributed by atoms with Gasteiger partial charge >= 0.3 is 0 Å². The summed E-state index contributed by atoms with van der Waals surface area (Å²) in [7, 11) is 1.69. The lowest BCUT2D eigenvalue weighted by Gasteiger charge is -2.29. The number of hydrogen-bond acceptors (Lipinski definition) is 4. The summed E-state index contributed by atoms with van der Waals surface area (Å²) in [6.07, 6.45) is 5.56. The second-order valence-corrected chi connectivity index (χ2v) is 5.11. The zero-order valence-corrected chi connectivity index (χ0v) is 11.7. The van der Waals surface area contributed by atoms with Crippen molar-refractivity contribution in [2.24, 2.45) is 5.92 Å². The minimum Gasteiger partial charge on any atom is -0.358 e. The van der Waals surface area contributed by atoms with E-state index in [1.807, 2.05) is 4.68 Å². The van der Waals surface area contributed by atoms with Gasteiger partial charge in [-0.1, -0.05) is 6.92 Å². The lowest BCUT2D eigenvalue weighted by Crippen LogP contribution is -2.48. The molecule has 1 saturated heterocycles. The maximum Gasteiger partial charge on any atom is 0.236 e. The number of piperidine rings is 1. The molecule has 1 amide bonds. The van der Waals surface area contributed by atoms with E-state index in [-0.39, 0.29) is 11.9 Å². The number of aryl methyl sites for hydroxylation is 1. The first-order valence-electron chi connectivity index (χ1n) is 7.06. The van der Waals surface area contributed by atoms with Gasteiger partial charge in [0.2, 0.25) is 5.91 Å². The van der Waals surface area contributed by atoms with Gasteiger partial charge in [0.25, 0.3) is 0 Å². The highest BCUT2D eigenvalue weighted by molar-refractivity contribution is 5.81. The number of carbonyl (C=O) groups is 1. The third-order valence-corrected chi connectivity index (χ3v) is 3.68. The molecule has 0 spiro atoms. The molecule has 2 unspecified atom stereocenters. The first kappa shape index (κ1) is 14.0. The Morgan fingerprint density at radius 1 is 1.63 bits per heavy atom. The van der Waals surface area contributed by atoms with Gasteiger partial charge in [0.05, 0.1) is 6.04 Å². The fourth-order valence-electron chi connectivity index (χ4n) is 2.66. The molecule has 1 aromatic rings. The number of carbonyl (C=O) groups excluding carboxylic acids is 1. The third kappa shape index (κ3) is 3.53. The molecule has 2 rings (SSSR count). The topological polar surface area (TPSA) is 71.8 Å². The zero-order chi connectivity index (χ0) is 13.7. The molecule has 6 heteroatoms. The minimum absolute atomic E-state index is 0.0636. The van der Waals surface area contributed by atoms with Gasteiger partial charge in [-0.25, -0.2) is 4.98 Å². The lowest BCUT2D eigenvalue weighted by atomic mass is 9.89. The Morgan fingerprint density at radius 3 is 3.21 bits per heavy atom. The highest BCUT2D eigenvalue weighted by Gasteiger charge is 2.27. The Kier molecular flexibility index (Phi) is 4.90. The number of hydrogen-bond donors (Lipinski definition) is 2. The highest BCUT2D eigenvalue weighted by Crippen LogP contribution is 2.20. The van der Waals surface area contributed by atoms with E-state index in [1.54, 1.807) is 13.4 Å². The van der Waals surface area contributed by atoms with Crippen LogP contribution >= 0.6 is 0 Å². The van der Waals surface area contributed by atoms with Gasteiger partial charge in [-0.2, -0.15) is 5.10 Å². The summed E-state index contributed by atoms with van der Waals surface area (Å²) < 4.78 is 1.98. The van der Waals surface area contributed by atoms with Gasteiger partial charge in [-0.15, -0.1) is 0 Å². The van der Waals surface area contributed by atoms with Crippen LogP contribution in [0.5, 0.6) is 0 Å². The summed E-state index contributed by atoms with van der Waals surface area (Å²) in [5.74, 6) is 1.63. The molecule has 19 heavy (non-hydrogen) atoms. The smallest absolute Gasteiger partial charge is 0.236 e. The second-order valence-electron chi connectivity index (χ2n) is 5.11. The van der Waals surface area contributed by atoms with E-state index in [0.717, 1.165) is 44.6 Å². The second kappa shape index (κ2) is 6.65. The molecule has 2 atom stereocenters. The quantitative estimate of drug-likeness (QED) is 0.805. The van der Waals surface area contributed by atoms with Gasteiger partial charge < -0.3 is 10.6 Å². The molecule has 2 heterocycles. The fraction of sp³-hybridized carbons (Fsp3) is 0.769. The minimum atomic E-state index is -0.0636. The molecule has 0 radical (unpaired) electrons. The molecular formula is C13H23N5O. The fourth-order valence-corrected chi connectivity index (χ4v) is 2.66. The van der Waals surface area contributed by atoms with Crippen molar-refractivity contribution in [1.29, 1.82) is 0 Å². The summed E-state index contributed by atoms with van der Waals surface area (Å²) in [4.78, 5) is 16.0. The Hall–Kier alpha value is -1.43. The van der Waals surface area contributed by atoms with E-state index in [1.165, 1.54) is 0 Å². The molecule has 2 N–H and O–H groups in total. The van der Waals surface area contributed by atoms with Crippen molar-refractivity contribution in [3.05, 3.63) is 12.2 Å². The van der Waals surface area contributed by atoms with E-state index in [4.69, 9.17) is 0 Å². The van der Waals surface area contributed by atoms with Crippen molar-refractivity contribution in [2.45, 2.75) is 45.2 Å². The number of rotatable bonds is 5. The van der Waals surface area contributed by atoms with Crippen LogP contribution in [0.25, 0.3) is 0 Å². The third-order valence-electron chi connectivity index (χ3n) is 3.68. The van der Waals surface area contributed by atoms with E-state index < -0.39 is 0 Å². The molecule has 106 valence electrons.